The van der Waals surface area contributed by atoms with E-state index >= 15 is 0 Å². The molecule has 1 aliphatic heterocycles. The predicted molar refractivity (Wildman–Crippen MR) is 112 cm³/mol. The molecule has 27 heavy (non-hydrogen) atoms. The number of fused-ring (bicyclic) bond motifs is 1. The van der Waals surface area contributed by atoms with Crippen molar-refractivity contribution >= 4 is 39.7 Å². The average molecular weight is 381 g/mol. The second kappa shape index (κ2) is 7.59. The molecule has 138 valence electrons. The molecule has 5 heteroatoms. The number of anilines is 2. The Balaban J connectivity index is 1.51. The third-order valence-corrected chi connectivity index (χ3v) is 5.55. The van der Waals surface area contributed by atoms with Crippen molar-refractivity contribution in [1.29, 1.82) is 0 Å². The fourth-order valence-electron chi connectivity index (χ4n) is 3.57. The Hall–Kier alpha value is -2.56. The standard InChI is InChI=1S/C22H22ClN3O/c1-25-12-14-26(15-13-25)17-10-8-16(9-11-17)24-22(27)20-6-2-5-19-18(20)4-3-7-21(19)23/h2-11H,12-15H2,1H3,(H,24,27)/p+1. The number of benzene rings is 3. The molecule has 2 N–H and O–H groups in total. The summed E-state index contributed by atoms with van der Waals surface area (Å²) in [6, 6.07) is 19.4. The Bertz CT molecular complexity index is 963. The summed E-state index contributed by atoms with van der Waals surface area (Å²) >= 11 is 6.26. The summed E-state index contributed by atoms with van der Waals surface area (Å²) in [5.41, 5.74) is 2.63. The molecule has 0 saturated carbocycles. The summed E-state index contributed by atoms with van der Waals surface area (Å²) in [6.45, 7) is 4.44. The van der Waals surface area contributed by atoms with Crippen molar-refractivity contribution < 1.29 is 9.69 Å². The van der Waals surface area contributed by atoms with E-state index in [0.29, 0.717) is 10.6 Å². The van der Waals surface area contributed by atoms with Crippen molar-refractivity contribution in [3.8, 4) is 0 Å². The first kappa shape index (κ1) is 17.8. The van der Waals surface area contributed by atoms with E-state index in [0.717, 1.165) is 42.6 Å². The summed E-state index contributed by atoms with van der Waals surface area (Å²) < 4.78 is 0. The normalized spacial score (nSPS) is 15.1. The largest absolute Gasteiger partial charge is 0.360 e. The number of carbonyl (C=O) groups excluding carboxylic acids is 1. The van der Waals surface area contributed by atoms with E-state index in [1.54, 1.807) is 4.90 Å². The van der Waals surface area contributed by atoms with Crippen LogP contribution in [0.3, 0.4) is 0 Å². The van der Waals surface area contributed by atoms with E-state index in [1.807, 2.05) is 48.5 Å². The number of halogens is 1. The minimum Gasteiger partial charge on any atom is -0.360 e. The zero-order valence-electron chi connectivity index (χ0n) is 15.3. The molecule has 0 radical (unpaired) electrons. The molecule has 4 nitrogen and oxygen atoms in total. The van der Waals surface area contributed by atoms with Gasteiger partial charge in [0.2, 0.25) is 0 Å². The van der Waals surface area contributed by atoms with Crippen LogP contribution < -0.4 is 15.1 Å². The molecule has 0 aliphatic carbocycles. The van der Waals surface area contributed by atoms with Gasteiger partial charge in [-0.15, -0.1) is 0 Å². The van der Waals surface area contributed by atoms with Crippen LogP contribution in [0.25, 0.3) is 10.8 Å². The van der Waals surface area contributed by atoms with Crippen molar-refractivity contribution in [1.82, 2.24) is 0 Å². The van der Waals surface area contributed by atoms with Gasteiger partial charge in [-0.25, -0.2) is 0 Å². The highest BCUT2D eigenvalue weighted by Crippen LogP contribution is 2.27. The van der Waals surface area contributed by atoms with Gasteiger partial charge in [0.25, 0.3) is 5.91 Å². The molecule has 0 bridgehead atoms. The number of rotatable bonds is 3. The summed E-state index contributed by atoms with van der Waals surface area (Å²) in [5.74, 6) is -0.126. The van der Waals surface area contributed by atoms with Gasteiger partial charge in [0.05, 0.1) is 33.2 Å². The summed E-state index contributed by atoms with van der Waals surface area (Å²) in [4.78, 5) is 16.8. The van der Waals surface area contributed by atoms with Crippen LogP contribution in [-0.4, -0.2) is 39.1 Å². The molecule has 1 fully saturated rings. The first-order valence-corrected chi connectivity index (χ1v) is 9.64. The maximum absolute atomic E-state index is 12.8. The number of hydrogen-bond acceptors (Lipinski definition) is 2. The molecule has 0 aromatic heterocycles. The minimum atomic E-state index is -0.126. The molecular formula is C22H23ClN3O+. The van der Waals surface area contributed by atoms with Crippen LogP contribution in [0.15, 0.2) is 60.7 Å². The highest BCUT2D eigenvalue weighted by Gasteiger charge is 2.17. The number of nitrogens with zero attached hydrogens (tertiary/aromatic N) is 1. The molecular weight excluding hydrogens is 358 g/mol. The van der Waals surface area contributed by atoms with Crippen LogP contribution in [0, 0.1) is 0 Å². The topological polar surface area (TPSA) is 36.8 Å². The number of nitrogens with one attached hydrogen (secondary N) is 2. The van der Waals surface area contributed by atoms with Gasteiger partial charge in [-0.2, -0.15) is 0 Å². The van der Waals surface area contributed by atoms with Gasteiger partial charge in [-0.3, -0.25) is 4.79 Å². The lowest BCUT2D eigenvalue weighted by Crippen LogP contribution is -3.12. The molecule has 0 atom stereocenters. The average Bonchev–Trinajstić information content (AvgIpc) is 2.69. The van der Waals surface area contributed by atoms with E-state index in [4.69, 9.17) is 11.6 Å². The fraction of sp³-hybridized carbons (Fsp3) is 0.227. The third-order valence-electron chi connectivity index (χ3n) is 5.22. The van der Waals surface area contributed by atoms with E-state index in [-0.39, 0.29) is 5.91 Å². The van der Waals surface area contributed by atoms with Crippen molar-refractivity contribution in [3.05, 3.63) is 71.2 Å². The van der Waals surface area contributed by atoms with E-state index in [2.05, 4.69) is 29.4 Å². The molecule has 0 unspecified atom stereocenters. The second-order valence-electron chi connectivity index (χ2n) is 7.09. The van der Waals surface area contributed by atoms with Gasteiger partial charge in [0, 0.05) is 27.3 Å². The lowest BCUT2D eigenvalue weighted by molar-refractivity contribution is -0.880. The zero-order chi connectivity index (χ0) is 18.8. The van der Waals surface area contributed by atoms with Gasteiger partial charge in [-0.05, 0) is 41.8 Å². The Morgan fingerprint density at radius 3 is 2.37 bits per heavy atom. The third kappa shape index (κ3) is 3.77. The molecule has 1 heterocycles. The molecule has 3 aromatic carbocycles. The first-order chi connectivity index (χ1) is 13.1. The monoisotopic (exact) mass is 380 g/mol. The summed E-state index contributed by atoms with van der Waals surface area (Å²) in [7, 11) is 2.23. The quantitative estimate of drug-likeness (QED) is 0.732. The summed E-state index contributed by atoms with van der Waals surface area (Å²) in [5, 5.41) is 5.40. The maximum atomic E-state index is 12.8. The lowest BCUT2D eigenvalue weighted by Gasteiger charge is -2.31. The van der Waals surface area contributed by atoms with Crippen LogP contribution in [0.5, 0.6) is 0 Å². The number of hydrogen-bond donors (Lipinski definition) is 2. The van der Waals surface area contributed by atoms with E-state index in [9.17, 15) is 4.79 Å². The first-order valence-electron chi connectivity index (χ1n) is 9.27. The van der Waals surface area contributed by atoms with Crippen molar-refractivity contribution in [2.75, 3.05) is 43.4 Å². The Labute approximate surface area is 164 Å². The second-order valence-corrected chi connectivity index (χ2v) is 7.49. The van der Waals surface area contributed by atoms with Crippen molar-refractivity contribution in [3.63, 3.8) is 0 Å². The van der Waals surface area contributed by atoms with Crippen LogP contribution in [-0.2, 0) is 0 Å². The maximum Gasteiger partial charge on any atom is 0.256 e. The van der Waals surface area contributed by atoms with Gasteiger partial charge >= 0.3 is 0 Å². The predicted octanol–water partition coefficient (Wildman–Crippen LogP) is 3.08. The number of likely N-dealkylation sites (N-methyl/N-ethyl adjacent to an activating group) is 1. The molecule has 0 spiro atoms. The summed E-state index contributed by atoms with van der Waals surface area (Å²) in [6.07, 6.45) is 0. The highest BCUT2D eigenvalue weighted by molar-refractivity contribution is 6.36. The molecule has 3 aromatic rings. The van der Waals surface area contributed by atoms with Gasteiger partial charge < -0.3 is 15.1 Å². The van der Waals surface area contributed by atoms with Crippen molar-refractivity contribution in [2.45, 2.75) is 0 Å². The smallest absolute Gasteiger partial charge is 0.256 e. The van der Waals surface area contributed by atoms with Gasteiger partial charge in [-0.1, -0.05) is 35.9 Å². The number of quaternary nitrogens is 1. The SMILES string of the molecule is C[NH+]1CCN(c2ccc(NC(=O)c3cccc4c(Cl)cccc34)cc2)CC1. The van der Waals surface area contributed by atoms with Gasteiger partial charge in [0.15, 0.2) is 0 Å². The van der Waals surface area contributed by atoms with Crippen LogP contribution >= 0.6 is 11.6 Å². The molecule has 4 rings (SSSR count). The van der Waals surface area contributed by atoms with E-state index in [1.165, 1.54) is 5.69 Å². The van der Waals surface area contributed by atoms with Crippen LogP contribution in [0.1, 0.15) is 10.4 Å². The van der Waals surface area contributed by atoms with Crippen LogP contribution in [0.4, 0.5) is 11.4 Å². The molecule has 1 saturated heterocycles. The Morgan fingerprint density at radius 1 is 0.963 bits per heavy atom. The molecule has 1 aliphatic rings. The van der Waals surface area contributed by atoms with E-state index < -0.39 is 0 Å². The minimum absolute atomic E-state index is 0.126. The Morgan fingerprint density at radius 2 is 1.63 bits per heavy atom. The van der Waals surface area contributed by atoms with Gasteiger partial charge in [0.1, 0.15) is 0 Å². The lowest BCUT2D eigenvalue weighted by atomic mass is 10.0. The highest BCUT2D eigenvalue weighted by atomic mass is 35.5. The fourth-order valence-corrected chi connectivity index (χ4v) is 3.81. The number of carbonyl (C=O) groups is 1. The number of piperazine rings is 1. The molecule has 1 amide bonds. The number of amides is 1. The Kier molecular flexibility index (Phi) is 5.01. The zero-order valence-corrected chi connectivity index (χ0v) is 16.1. The van der Waals surface area contributed by atoms with Crippen LogP contribution in [0.2, 0.25) is 5.02 Å². The van der Waals surface area contributed by atoms with Crippen molar-refractivity contribution in [2.24, 2.45) is 0 Å².